The van der Waals surface area contributed by atoms with Crippen molar-refractivity contribution in [2.75, 3.05) is 14.2 Å². The Bertz CT molecular complexity index is 571. The van der Waals surface area contributed by atoms with Crippen molar-refractivity contribution >= 4 is 0 Å². The van der Waals surface area contributed by atoms with Gasteiger partial charge < -0.3 is 9.47 Å². The van der Waals surface area contributed by atoms with Crippen molar-refractivity contribution in [3.63, 3.8) is 0 Å². The molecule has 0 spiro atoms. The molecule has 0 aliphatic carbocycles. The van der Waals surface area contributed by atoms with Crippen LogP contribution in [-0.2, 0) is 12.8 Å². The Morgan fingerprint density at radius 2 is 1.45 bits per heavy atom. The number of benzene rings is 2. The van der Waals surface area contributed by atoms with Gasteiger partial charge in [0.1, 0.15) is 11.5 Å². The lowest BCUT2D eigenvalue weighted by Crippen LogP contribution is -1.98. The van der Waals surface area contributed by atoms with E-state index in [1.165, 1.54) is 22.3 Å². The summed E-state index contributed by atoms with van der Waals surface area (Å²) in [6.45, 7) is 4.26. The fourth-order valence-electron chi connectivity index (χ4n) is 2.31. The molecular weight excluding hydrogens is 248 g/mol. The van der Waals surface area contributed by atoms with E-state index in [4.69, 9.17) is 9.47 Å². The summed E-state index contributed by atoms with van der Waals surface area (Å²) < 4.78 is 10.7. The number of aryl methyl sites for hydroxylation is 4. The molecule has 0 heterocycles. The van der Waals surface area contributed by atoms with Crippen LogP contribution >= 0.6 is 0 Å². The maximum absolute atomic E-state index is 5.49. The molecule has 2 aromatic carbocycles. The van der Waals surface area contributed by atoms with Crippen LogP contribution in [-0.4, -0.2) is 14.2 Å². The van der Waals surface area contributed by atoms with Crippen molar-refractivity contribution < 1.29 is 9.47 Å². The first kappa shape index (κ1) is 14.4. The van der Waals surface area contributed by atoms with E-state index in [0.29, 0.717) is 0 Å². The summed E-state index contributed by atoms with van der Waals surface area (Å²) in [5.74, 6) is 1.89. The highest BCUT2D eigenvalue weighted by molar-refractivity contribution is 5.42. The quantitative estimate of drug-likeness (QED) is 0.814. The molecule has 20 heavy (non-hydrogen) atoms. The molecular formula is C18H22O2. The van der Waals surface area contributed by atoms with Crippen LogP contribution in [0.1, 0.15) is 22.3 Å². The molecule has 0 N–H and O–H groups in total. The minimum Gasteiger partial charge on any atom is -0.497 e. The monoisotopic (exact) mass is 270 g/mol. The molecule has 0 saturated carbocycles. The average Bonchev–Trinajstić information content (AvgIpc) is 2.48. The molecule has 106 valence electrons. The van der Waals surface area contributed by atoms with Crippen LogP contribution in [0, 0.1) is 13.8 Å². The van der Waals surface area contributed by atoms with Crippen molar-refractivity contribution in [2.24, 2.45) is 0 Å². The van der Waals surface area contributed by atoms with Crippen molar-refractivity contribution in [1.29, 1.82) is 0 Å². The van der Waals surface area contributed by atoms with Gasteiger partial charge in [-0.2, -0.15) is 0 Å². The number of ether oxygens (including phenoxy) is 2. The first-order chi connectivity index (χ1) is 9.63. The number of hydrogen-bond acceptors (Lipinski definition) is 2. The fourth-order valence-corrected chi connectivity index (χ4v) is 2.31. The molecule has 2 heteroatoms. The van der Waals surface area contributed by atoms with Gasteiger partial charge in [-0.1, -0.05) is 18.2 Å². The molecule has 0 aliphatic rings. The highest BCUT2D eigenvalue weighted by atomic mass is 16.5. The van der Waals surface area contributed by atoms with E-state index in [9.17, 15) is 0 Å². The van der Waals surface area contributed by atoms with Gasteiger partial charge in [0.05, 0.1) is 14.2 Å². The molecule has 0 amide bonds. The lowest BCUT2D eigenvalue weighted by molar-refractivity contribution is 0.409. The minimum absolute atomic E-state index is 0.900. The average molecular weight is 270 g/mol. The normalized spacial score (nSPS) is 10.4. The molecule has 0 aromatic heterocycles. The van der Waals surface area contributed by atoms with Gasteiger partial charge in [0.2, 0.25) is 0 Å². The summed E-state index contributed by atoms with van der Waals surface area (Å²) in [7, 11) is 3.43. The molecule has 0 fully saturated rings. The van der Waals surface area contributed by atoms with E-state index in [1.807, 2.05) is 12.1 Å². The number of rotatable bonds is 5. The third-order valence-corrected chi connectivity index (χ3v) is 3.74. The van der Waals surface area contributed by atoms with E-state index >= 15 is 0 Å². The molecule has 0 atom stereocenters. The van der Waals surface area contributed by atoms with E-state index in [0.717, 1.165) is 24.3 Å². The molecule has 0 aliphatic heterocycles. The maximum Gasteiger partial charge on any atom is 0.122 e. The number of methoxy groups -OCH3 is 2. The van der Waals surface area contributed by atoms with Crippen LogP contribution in [0.4, 0.5) is 0 Å². The maximum atomic E-state index is 5.49. The lowest BCUT2D eigenvalue weighted by Gasteiger charge is -2.12. The van der Waals surface area contributed by atoms with Gasteiger partial charge in [0.15, 0.2) is 0 Å². The van der Waals surface area contributed by atoms with Crippen molar-refractivity contribution in [3.8, 4) is 11.5 Å². The van der Waals surface area contributed by atoms with Crippen LogP contribution < -0.4 is 9.47 Å². The zero-order chi connectivity index (χ0) is 14.5. The smallest absolute Gasteiger partial charge is 0.122 e. The highest BCUT2D eigenvalue weighted by Gasteiger charge is 2.06. The third kappa shape index (κ3) is 3.32. The third-order valence-electron chi connectivity index (χ3n) is 3.74. The summed E-state index contributed by atoms with van der Waals surface area (Å²) in [6.07, 6.45) is 1.99. The Morgan fingerprint density at radius 1 is 0.800 bits per heavy atom. The second-order valence-electron chi connectivity index (χ2n) is 5.10. The Labute approximate surface area is 121 Å². The summed E-state index contributed by atoms with van der Waals surface area (Å²) in [5, 5.41) is 0. The molecule has 2 rings (SSSR count). The fraction of sp³-hybridized carbons (Fsp3) is 0.333. The Balaban J connectivity index is 2.11. The van der Waals surface area contributed by atoms with Crippen LogP contribution in [0.15, 0.2) is 36.4 Å². The van der Waals surface area contributed by atoms with Crippen LogP contribution in [0.2, 0.25) is 0 Å². The van der Waals surface area contributed by atoms with Crippen molar-refractivity contribution in [3.05, 3.63) is 58.7 Å². The first-order valence-corrected chi connectivity index (χ1v) is 6.91. The van der Waals surface area contributed by atoms with Gasteiger partial charge in [0, 0.05) is 0 Å². The van der Waals surface area contributed by atoms with Gasteiger partial charge in [0.25, 0.3) is 0 Å². The number of hydrogen-bond donors (Lipinski definition) is 0. The van der Waals surface area contributed by atoms with E-state index in [1.54, 1.807) is 14.2 Å². The van der Waals surface area contributed by atoms with E-state index < -0.39 is 0 Å². The van der Waals surface area contributed by atoms with Gasteiger partial charge >= 0.3 is 0 Å². The largest absolute Gasteiger partial charge is 0.497 e. The van der Waals surface area contributed by atoms with Crippen LogP contribution in [0.25, 0.3) is 0 Å². The zero-order valence-corrected chi connectivity index (χ0v) is 12.7. The first-order valence-electron chi connectivity index (χ1n) is 6.91. The van der Waals surface area contributed by atoms with Gasteiger partial charge in [-0.25, -0.2) is 0 Å². The predicted molar refractivity (Wildman–Crippen MR) is 82.9 cm³/mol. The summed E-state index contributed by atoms with van der Waals surface area (Å²) in [5.41, 5.74) is 5.17. The molecule has 2 nitrogen and oxygen atoms in total. The van der Waals surface area contributed by atoms with Gasteiger partial charge in [-0.05, 0) is 67.1 Å². The summed E-state index contributed by atoms with van der Waals surface area (Å²) >= 11 is 0. The van der Waals surface area contributed by atoms with E-state index in [-0.39, 0.29) is 0 Å². The predicted octanol–water partition coefficient (Wildman–Crippen LogP) is 4.11. The zero-order valence-electron chi connectivity index (χ0n) is 12.7. The topological polar surface area (TPSA) is 18.5 Å². The van der Waals surface area contributed by atoms with Gasteiger partial charge in [-0.3, -0.25) is 0 Å². The second-order valence-corrected chi connectivity index (χ2v) is 5.10. The Morgan fingerprint density at radius 3 is 2.05 bits per heavy atom. The van der Waals surface area contributed by atoms with Crippen molar-refractivity contribution in [1.82, 2.24) is 0 Å². The molecule has 0 bridgehead atoms. The highest BCUT2D eigenvalue weighted by Crippen LogP contribution is 2.24. The van der Waals surface area contributed by atoms with E-state index in [2.05, 4.69) is 38.1 Å². The SMILES string of the molecule is COc1ccc(CCc2cc(C)c(C)cc2OC)cc1. The molecule has 0 saturated heterocycles. The Hall–Kier alpha value is -1.96. The molecule has 0 radical (unpaired) electrons. The van der Waals surface area contributed by atoms with Crippen LogP contribution in [0.5, 0.6) is 11.5 Å². The molecule has 0 unspecified atom stereocenters. The van der Waals surface area contributed by atoms with Crippen molar-refractivity contribution in [2.45, 2.75) is 26.7 Å². The summed E-state index contributed by atoms with van der Waals surface area (Å²) in [4.78, 5) is 0. The standard InChI is InChI=1S/C18H22O2/c1-13-11-16(18(20-4)12-14(13)2)8-5-15-6-9-17(19-3)10-7-15/h6-7,9-12H,5,8H2,1-4H3. The lowest BCUT2D eigenvalue weighted by atomic mass is 9.99. The van der Waals surface area contributed by atoms with Crippen LogP contribution in [0.3, 0.4) is 0 Å². The minimum atomic E-state index is 0.900. The molecule has 2 aromatic rings. The second kappa shape index (κ2) is 6.47. The Kier molecular flexibility index (Phi) is 4.67. The summed E-state index contributed by atoms with van der Waals surface area (Å²) in [6, 6.07) is 12.6. The van der Waals surface area contributed by atoms with Gasteiger partial charge in [-0.15, -0.1) is 0 Å².